The molecule has 0 amide bonds. The fraction of sp³-hybridized carbons (Fsp3) is 0.344. The molecule has 0 radical (unpaired) electrons. The first-order chi connectivity index (χ1) is 20.8. The number of pyridine rings is 1. The Kier molecular flexibility index (Phi) is 7.59. The van der Waals surface area contributed by atoms with Gasteiger partial charge in [0, 0.05) is 22.8 Å². The van der Waals surface area contributed by atoms with E-state index in [9.17, 15) is 14.3 Å². The maximum Gasteiger partial charge on any atom is 0.354 e. The fourth-order valence-corrected chi connectivity index (χ4v) is 6.60. The molecule has 11 heteroatoms. The van der Waals surface area contributed by atoms with Gasteiger partial charge < -0.3 is 19.1 Å². The number of hydrogen-bond donors (Lipinski definition) is 1. The number of carboxylic acids is 1. The van der Waals surface area contributed by atoms with Gasteiger partial charge in [0.2, 0.25) is 0 Å². The van der Waals surface area contributed by atoms with Crippen molar-refractivity contribution in [1.29, 1.82) is 0 Å². The van der Waals surface area contributed by atoms with Gasteiger partial charge in [-0.25, -0.2) is 19.2 Å². The molecule has 2 atom stereocenters. The number of likely N-dealkylation sites (tertiary alicyclic amines) is 1. The average molecular weight is 624 g/mol. The summed E-state index contributed by atoms with van der Waals surface area (Å²) in [5.41, 5.74) is 3.52. The zero-order chi connectivity index (χ0) is 29.7. The van der Waals surface area contributed by atoms with Gasteiger partial charge in [0.1, 0.15) is 29.0 Å². The summed E-state index contributed by atoms with van der Waals surface area (Å²) in [7, 11) is 0. The predicted molar refractivity (Wildman–Crippen MR) is 161 cm³/mol. The molecule has 2 aromatic heterocycles. The van der Waals surface area contributed by atoms with Crippen molar-refractivity contribution < 1.29 is 23.8 Å². The Bertz CT molecular complexity index is 1750. The van der Waals surface area contributed by atoms with Crippen LogP contribution in [0.25, 0.3) is 16.2 Å². The van der Waals surface area contributed by atoms with Gasteiger partial charge in [-0.15, -0.1) is 0 Å². The molecule has 4 aromatic rings. The number of carboxylic acid groups (broad SMARTS) is 1. The summed E-state index contributed by atoms with van der Waals surface area (Å²) in [6.07, 6.45) is 3.91. The minimum Gasteiger partial charge on any atom is -0.480 e. The van der Waals surface area contributed by atoms with E-state index in [1.165, 1.54) is 12.1 Å². The van der Waals surface area contributed by atoms with Crippen LogP contribution in [-0.4, -0.2) is 56.3 Å². The van der Waals surface area contributed by atoms with E-state index < -0.39 is 17.9 Å². The lowest BCUT2D eigenvalue weighted by Crippen LogP contribution is -2.35. The number of ether oxygens (including phenoxy) is 2. The molecule has 43 heavy (non-hydrogen) atoms. The molecule has 7 rings (SSSR count). The molecule has 3 aliphatic rings. The van der Waals surface area contributed by atoms with Crippen LogP contribution in [0.5, 0.6) is 5.75 Å². The molecule has 8 nitrogen and oxygen atoms in total. The van der Waals surface area contributed by atoms with E-state index in [4.69, 9.17) is 37.7 Å². The first-order valence-corrected chi connectivity index (χ1v) is 15.2. The quantitative estimate of drug-likeness (QED) is 0.242. The van der Waals surface area contributed by atoms with Crippen molar-refractivity contribution in [1.82, 2.24) is 19.4 Å². The van der Waals surface area contributed by atoms with E-state index in [2.05, 4.69) is 16.0 Å². The van der Waals surface area contributed by atoms with Gasteiger partial charge in [0.05, 0.1) is 24.2 Å². The van der Waals surface area contributed by atoms with Crippen molar-refractivity contribution in [2.24, 2.45) is 0 Å². The molecule has 0 saturated carbocycles. The second-order valence-corrected chi connectivity index (χ2v) is 12.1. The molecule has 2 aromatic carbocycles. The largest absolute Gasteiger partial charge is 0.480 e. The van der Waals surface area contributed by atoms with E-state index >= 15 is 0 Å². The minimum absolute atomic E-state index is 0.0000533. The highest BCUT2D eigenvalue weighted by atomic mass is 35.5. The number of aromatic nitrogens is 3. The number of hydrogen-bond acceptors (Lipinski definition) is 6. The Morgan fingerprint density at radius 1 is 1.05 bits per heavy atom. The summed E-state index contributed by atoms with van der Waals surface area (Å²) < 4.78 is 28.9. The second-order valence-electron chi connectivity index (χ2n) is 11.3. The highest BCUT2D eigenvalue weighted by Gasteiger charge is 2.31. The average Bonchev–Trinajstić information content (AvgIpc) is 3.31. The molecule has 2 unspecified atom stereocenters. The number of piperidine rings is 1. The van der Waals surface area contributed by atoms with E-state index in [0.29, 0.717) is 45.6 Å². The summed E-state index contributed by atoms with van der Waals surface area (Å²) in [5.74, 6) is 0.300. The van der Waals surface area contributed by atoms with Gasteiger partial charge in [-0.05, 0) is 80.2 Å². The lowest BCUT2D eigenvalue weighted by atomic mass is 9.87. The Hall–Kier alpha value is -3.50. The second kappa shape index (κ2) is 11.5. The standard InChI is InChI=1S/C32H29Cl2FN4O4/c33-19-4-5-23(25(35)14-19)28-15-24(34)22-3-1-2-21(30(22)43-28)18-8-11-38(12-9-18)17-29-36-26-6-7-27(32(40)41)37-31(26)39(29)16-20-10-13-42-20/h1-7,14-15,18,20,28H,8-13,16-17H2,(H,40,41). The number of halogens is 3. The van der Waals surface area contributed by atoms with Crippen molar-refractivity contribution >= 4 is 45.4 Å². The number of nitrogens with zero attached hydrogens (tertiary/aromatic N) is 4. The van der Waals surface area contributed by atoms with Gasteiger partial charge >= 0.3 is 5.97 Å². The molecular weight excluding hydrogens is 594 g/mol. The highest BCUT2D eigenvalue weighted by molar-refractivity contribution is 6.49. The number of carbonyl (C=O) groups is 1. The van der Waals surface area contributed by atoms with Crippen LogP contribution >= 0.6 is 23.2 Å². The van der Waals surface area contributed by atoms with Crippen molar-refractivity contribution in [2.75, 3.05) is 19.7 Å². The molecule has 0 aliphatic carbocycles. The summed E-state index contributed by atoms with van der Waals surface area (Å²) in [4.78, 5) is 23.2. The maximum absolute atomic E-state index is 14.8. The third-order valence-electron chi connectivity index (χ3n) is 8.58. The van der Waals surface area contributed by atoms with Gasteiger partial charge in [0.15, 0.2) is 11.3 Å². The van der Waals surface area contributed by atoms with E-state index in [1.54, 1.807) is 24.3 Å². The van der Waals surface area contributed by atoms with Crippen LogP contribution in [0.15, 0.2) is 54.6 Å². The minimum atomic E-state index is -1.06. The summed E-state index contributed by atoms with van der Waals surface area (Å²) in [6, 6.07) is 13.8. The topological polar surface area (TPSA) is 89.7 Å². The lowest BCUT2D eigenvalue weighted by molar-refractivity contribution is -0.0593. The highest BCUT2D eigenvalue weighted by Crippen LogP contribution is 2.46. The predicted octanol–water partition coefficient (Wildman–Crippen LogP) is 6.80. The number of imidazole rings is 1. The van der Waals surface area contributed by atoms with E-state index in [1.807, 2.05) is 16.7 Å². The summed E-state index contributed by atoms with van der Waals surface area (Å²) >= 11 is 12.7. The monoisotopic (exact) mass is 622 g/mol. The van der Waals surface area contributed by atoms with Crippen LogP contribution in [0.2, 0.25) is 5.02 Å². The number of aromatic carboxylic acids is 1. The molecule has 0 spiro atoms. The Labute approximate surface area is 257 Å². The molecule has 2 saturated heterocycles. The van der Waals surface area contributed by atoms with Crippen molar-refractivity contribution in [3.8, 4) is 5.75 Å². The molecule has 5 heterocycles. The molecule has 2 fully saturated rings. The van der Waals surface area contributed by atoms with Gasteiger partial charge in [-0.1, -0.05) is 41.4 Å². The first-order valence-electron chi connectivity index (χ1n) is 14.4. The van der Waals surface area contributed by atoms with Crippen molar-refractivity contribution in [3.63, 3.8) is 0 Å². The van der Waals surface area contributed by atoms with Crippen molar-refractivity contribution in [2.45, 2.75) is 50.5 Å². The van der Waals surface area contributed by atoms with Gasteiger partial charge in [-0.2, -0.15) is 0 Å². The van der Waals surface area contributed by atoms with Crippen LogP contribution in [0.3, 0.4) is 0 Å². The smallest absolute Gasteiger partial charge is 0.354 e. The molecule has 0 bridgehead atoms. The Morgan fingerprint density at radius 3 is 2.58 bits per heavy atom. The number of rotatable bonds is 7. The third-order valence-corrected chi connectivity index (χ3v) is 9.14. The normalized spacial score (nSPS) is 20.8. The Balaban J connectivity index is 1.10. The van der Waals surface area contributed by atoms with Crippen LogP contribution in [0.1, 0.15) is 64.3 Å². The zero-order valence-corrected chi connectivity index (χ0v) is 24.7. The van der Waals surface area contributed by atoms with E-state index in [0.717, 1.165) is 55.9 Å². The maximum atomic E-state index is 14.8. The first kappa shape index (κ1) is 28.3. The van der Waals surface area contributed by atoms with Crippen LogP contribution in [-0.2, 0) is 17.8 Å². The number of fused-ring (bicyclic) bond motifs is 2. The third kappa shape index (κ3) is 5.51. The van der Waals surface area contributed by atoms with Crippen molar-refractivity contribution in [3.05, 3.63) is 93.7 Å². The van der Waals surface area contributed by atoms with Crippen LogP contribution in [0, 0.1) is 5.82 Å². The van der Waals surface area contributed by atoms with Crippen LogP contribution < -0.4 is 4.74 Å². The lowest BCUT2D eigenvalue weighted by Gasteiger charge is -2.34. The molecule has 3 aliphatic heterocycles. The number of para-hydroxylation sites is 1. The SMILES string of the molecule is O=C(O)c1ccc2nc(CN3CCC(c4cccc5c4OC(c4ccc(Cl)cc4F)C=C5Cl)CC3)n(CC3CCO3)c2n1. The Morgan fingerprint density at radius 2 is 1.86 bits per heavy atom. The zero-order valence-electron chi connectivity index (χ0n) is 23.2. The molecule has 1 N–H and O–H groups in total. The van der Waals surface area contributed by atoms with Gasteiger partial charge in [0.25, 0.3) is 0 Å². The number of benzene rings is 2. The summed E-state index contributed by atoms with van der Waals surface area (Å²) in [5, 5.41) is 10.3. The fourth-order valence-electron chi connectivity index (χ4n) is 6.18. The molecular formula is C32H29Cl2FN4O4. The van der Waals surface area contributed by atoms with Crippen LogP contribution in [0.4, 0.5) is 4.39 Å². The summed E-state index contributed by atoms with van der Waals surface area (Å²) in [6.45, 7) is 3.62. The molecule has 222 valence electrons. The van der Waals surface area contributed by atoms with Gasteiger partial charge in [-0.3, -0.25) is 4.90 Å². The van der Waals surface area contributed by atoms with E-state index in [-0.39, 0.29) is 17.7 Å².